The summed E-state index contributed by atoms with van der Waals surface area (Å²) in [6, 6.07) is 53.4. The van der Waals surface area contributed by atoms with Crippen LogP contribution in [0.5, 0.6) is 0 Å². The molecule has 6 aromatic carbocycles. The summed E-state index contributed by atoms with van der Waals surface area (Å²) in [5.74, 6) is 0. The average Bonchev–Trinajstić information content (AvgIpc) is 3.19. The fraction of sp³-hybridized carbons (Fsp3) is 0. The predicted octanol–water partition coefficient (Wildman–Crippen LogP) is 9.99. The number of fused-ring (bicyclic) bond motifs is 10. The van der Waals surface area contributed by atoms with E-state index < -0.39 is 0 Å². The molecule has 38 heavy (non-hydrogen) atoms. The van der Waals surface area contributed by atoms with Gasteiger partial charge in [0.15, 0.2) is 0 Å². The van der Waals surface area contributed by atoms with Gasteiger partial charge in [-0.2, -0.15) is 0 Å². The maximum absolute atomic E-state index is 2.31. The molecule has 0 radical (unpaired) electrons. The van der Waals surface area contributed by atoms with Crippen LogP contribution in [0.2, 0.25) is 0 Å². The van der Waals surface area contributed by atoms with Gasteiger partial charge in [-0.3, -0.25) is 0 Å². The maximum Gasteiger partial charge on any atom is -0.00139 e. The summed E-state index contributed by atoms with van der Waals surface area (Å²) >= 11 is 0. The largest absolute Gasteiger partial charge is 0.0616 e. The first-order chi connectivity index (χ1) is 18.9. The van der Waals surface area contributed by atoms with Crippen LogP contribution >= 0.6 is 0 Å². The zero-order chi connectivity index (χ0) is 25.1. The van der Waals surface area contributed by atoms with E-state index in [4.69, 9.17) is 0 Å². The van der Waals surface area contributed by atoms with Crippen LogP contribution in [0, 0.1) is 0 Å². The smallest absolute Gasteiger partial charge is 0.00139 e. The van der Waals surface area contributed by atoms with Gasteiger partial charge in [0.2, 0.25) is 0 Å². The van der Waals surface area contributed by atoms with Crippen molar-refractivity contribution in [2.75, 3.05) is 0 Å². The van der Waals surface area contributed by atoms with Gasteiger partial charge in [0.25, 0.3) is 0 Å². The van der Waals surface area contributed by atoms with Gasteiger partial charge < -0.3 is 0 Å². The van der Waals surface area contributed by atoms with E-state index in [9.17, 15) is 0 Å². The first-order valence-corrected chi connectivity index (χ1v) is 13.2. The summed E-state index contributed by atoms with van der Waals surface area (Å²) in [6.45, 7) is 0. The van der Waals surface area contributed by atoms with Crippen molar-refractivity contribution in [3.63, 3.8) is 0 Å². The average molecular weight is 481 g/mol. The van der Waals surface area contributed by atoms with E-state index in [-0.39, 0.29) is 0 Å². The maximum atomic E-state index is 2.31. The van der Waals surface area contributed by atoms with Gasteiger partial charge in [0.1, 0.15) is 0 Å². The van der Waals surface area contributed by atoms with Crippen LogP contribution in [0.4, 0.5) is 0 Å². The van der Waals surface area contributed by atoms with E-state index in [1.807, 2.05) is 0 Å². The van der Waals surface area contributed by atoms with Gasteiger partial charge in [0.05, 0.1) is 0 Å². The van der Waals surface area contributed by atoms with Crippen LogP contribution in [0.25, 0.3) is 55.7 Å². The Morgan fingerprint density at radius 3 is 0.474 bits per heavy atom. The lowest BCUT2D eigenvalue weighted by Crippen LogP contribution is -1.99. The summed E-state index contributed by atoms with van der Waals surface area (Å²) in [5, 5.41) is 0. The number of hydrogen-bond acceptors (Lipinski definition) is 0. The molecule has 0 aliphatic heterocycles. The first kappa shape index (κ1) is 21.2. The van der Waals surface area contributed by atoms with Crippen molar-refractivity contribution in [2.24, 2.45) is 0 Å². The van der Waals surface area contributed by atoms with Crippen molar-refractivity contribution >= 4 is 11.1 Å². The quantitative estimate of drug-likeness (QED) is 0.203. The molecule has 0 saturated carbocycles. The summed E-state index contributed by atoms with van der Waals surface area (Å²) in [5.41, 5.74) is 17.9. The summed E-state index contributed by atoms with van der Waals surface area (Å²) in [7, 11) is 0. The Bertz CT molecular complexity index is 1640. The lowest BCUT2D eigenvalue weighted by atomic mass is 9.82. The molecule has 0 aromatic heterocycles. The molecule has 2 aliphatic carbocycles. The molecule has 0 nitrogen and oxygen atoms in total. The highest BCUT2D eigenvalue weighted by Gasteiger charge is 2.29. The van der Waals surface area contributed by atoms with Crippen LogP contribution in [0.15, 0.2) is 146 Å². The third kappa shape index (κ3) is 2.98. The standard InChI is InChI=1S/C38H24/c1-2-14-26-25(13-1)29-17-5-9-21-33(29)37(34-22-10-6-18-30(26)34)38-35-23-11-7-19-31(35)27-15-3-4-16-28(27)32-20-8-12-24-36(32)38/h1-24H. The zero-order valence-corrected chi connectivity index (χ0v) is 20.9. The van der Waals surface area contributed by atoms with Crippen LogP contribution in [-0.2, 0) is 0 Å². The van der Waals surface area contributed by atoms with E-state index in [1.165, 1.54) is 77.9 Å². The minimum Gasteiger partial charge on any atom is -0.0616 e. The third-order valence-corrected chi connectivity index (χ3v) is 8.05. The minimum atomic E-state index is 1.27. The van der Waals surface area contributed by atoms with E-state index in [0.29, 0.717) is 0 Å². The first-order valence-electron chi connectivity index (χ1n) is 13.2. The van der Waals surface area contributed by atoms with E-state index >= 15 is 0 Å². The van der Waals surface area contributed by atoms with E-state index in [1.54, 1.807) is 0 Å². The van der Waals surface area contributed by atoms with E-state index in [2.05, 4.69) is 146 Å². The molecular weight excluding hydrogens is 456 g/mol. The number of hydrogen-bond donors (Lipinski definition) is 0. The molecule has 0 atom stereocenters. The molecule has 0 amide bonds. The topological polar surface area (TPSA) is 0 Å². The predicted molar refractivity (Wildman–Crippen MR) is 160 cm³/mol. The molecule has 0 heteroatoms. The Kier molecular flexibility index (Phi) is 4.62. The lowest BCUT2D eigenvalue weighted by molar-refractivity contribution is 1.53. The van der Waals surface area contributed by atoms with Gasteiger partial charge in [0, 0.05) is 0 Å². The van der Waals surface area contributed by atoms with Crippen molar-refractivity contribution in [3.8, 4) is 44.5 Å². The highest BCUT2D eigenvalue weighted by Crippen LogP contribution is 2.53. The highest BCUT2D eigenvalue weighted by molar-refractivity contribution is 6.16. The number of benzene rings is 6. The minimum absolute atomic E-state index is 1.27. The Morgan fingerprint density at radius 2 is 0.289 bits per heavy atom. The van der Waals surface area contributed by atoms with Crippen LogP contribution in [-0.4, -0.2) is 0 Å². The molecule has 6 aromatic rings. The van der Waals surface area contributed by atoms with Crippen molar-refractivity contribution in [1.29, 1.82) is 0 Å². The van der Waals surface area contributed by atoms with Crippen LogP contribution in [0.3, 0.4) is 0 Å². The molecule has 0 saturated heterocycles. The molecule has 0 bridgehead atoms. The number of rotatable bonds is 0. The molecule has 0 N–H and O–H groups in total. The molecule has 176 valence electrons. The molecule has 0 heterocycles. The zero-order valence-electron chi connectivity index (χ0n) is 20.9. The monoisotopic (exact) mass is 480 g/mol. The Labute approximate surface area is 223 Å². The van der Waals surface area contributed by atoms with E-state index in [0.717, 1.165) is 0 Å². The molecule has 0 unspecified atom stereocenters. The van der Waals surface area contributed by atoms with Gasteiger partial charge in [-0.15, -0.1) is 0 Å². The lowest BCUT2D eigenvalue weighted by Gasteiger charge is -2.21. The van der Waals surface area contributed by atoms with Crippen molar-refractivity contribution in [1.82, 2.24) is 0 Å². The Hall–Kier alpha value is -4.94. The summed E-state index contributed by atoms with van der Waals surface area (Å²) < 4.78 is 0. The SMILES string of the molecule is c1ccc2c(c1)C(=C1c3ccccc3-c3ccccc3-c3ccccc31)c1ccccc1-c1ccccc1-2. The van der Waals surface area contributed by atoms with Crippen molar-refractivity contribution < 1.29 is 0 Å². The van der Waals surface area contributed by atoms with Crippen molar-refractivity contribution in [3.05, 3.63) is 168 Å². The van der Waals surface area contributed by atoms with Crippen LogP contribution in [0.1, 0.15) is 22.3 Å². The van der Waals surface area contributed by atoms with Crippen molar-refractivity contribution in [2.45, 2.75) is 0 Å². The molecule has 0 fully saturated rings. The Balaban J connectivity index is 1.63. The second-order valence-corrected chi connectivity index (χ2v) is 10.0. The van der Waals surface area contributed by atoms with Gasteiger partial charge in [-0.25, -0.2) is 0 Å². The molecule has 0 spiro atoms. The summed E-state index contributed by atoms with van der Waals surface area (Å²) in [6.07, 6.45) is 0. The summed E-state index contributed by atoms with van der Waals surface area (Å²) in [4.78, 5) is 0. The fourth-order valence-electron chi connectivity index (χ4n) is 6.48. The molecule has 2 aliphatic rings. The fourth-order valence-corrected chi connectivity index (χ4v) is 6.48. The second-order valence-electron chi connectivity index (χ2n) is 10.0. The van der Waals surface area contributed by atoms with Gasteiger partial charge in [-0.05, 0) is 77.9 Å². The second kappa shape index (κ2) is 8.30. The third-order valence-electron chi connectivity index (χ3n) is 8.05. The molecular formula is C38H24. The van der Waals surface area contributed by atoms with Crippen LogP contribution < -0.4 is 0 Å². The normalized spacial score (nSPS) is 12.6. The van der Waals surface area contributed by atoms with Gasteiger partial charge in [-0.1, -0.05) is 146 Å². The highest BCUT2D eigenvalue weighted by atomic mass is 14.3. The molecule has 8 rings (SSSR count). The van der Waals surface area contributed by atoms with Gasteiger partial charge >= 0.3 is 0 Å². The Morgan fingerprint density at radius 1 is 0.158 bits per heavy atom.